The molecule has 32 heavy (non-hydrogen) atoms. The number of thioether (sulfide) groups is 2. The van der Waals surface area contributed by atoms with E-state index in [0.717, 1.165) is 0 Å². The largest absolute Gasteiger partial charge is 0.508 e. The number of carbonyl (C=O) groups excluding carboxylic acids is 2. The molecule has 2 amide bonds. The number of phenols is 1. The van der Waals surface area contributed by atoms with Gasteiger partial charge >= 0.3 is 5.97 Å². The molecule has 11 nitrogen and oxygen atoms in total. The molecule has 168 valence electrons. The number of aromatic nitrogens is 3. The molecule has 0 bridgehead atoms. The summed E-state index contributed by atoms with van der Waals surface area (Å²) in [6.07, 6.45) is 1.72. The van der Waals surface area contributed by atoms with Crippen LogP contribution in [0.3, 0.4) is 0 Å². The van der Waals surface area contributed by atoms with E-state index in [0.29, 0.717) is 27.7 Å². The van der Waals surface area contributed by atoms with Crippen LogP contribution < -0.4 is 11.1 Å². The number of hydrogen-bond acceptors (Lipinski definition) is 9. The Hall–Kier alpha value is -3.03. The van der Waals surface area contributed by atoms with Gasteiger partial charge in [-0.15, -0.1) is 16.9 Å². The number of carboxylic acid groups (broad SMARTS) is 1. The molecule has 1 fully saturated rings. The van der Waals surface area contributed by atoms with Gasteiger partial charge in [0.05, 0.1) is 6.20 Å². The quantitative estimate of drug-likeness (QED) is 0.317. The molecule has 5 N–H and O–H groups in total. The van der Waals surface area contributed by atoms with Crippen molar-refractivity contribution in [2.45, 2.75) is 22.5 Å². The van der Waals surface area contributed by atoms with Gasteiger partial charge < -0.3 is 21.3 Å². The first kappa shape index (κ1) is 22.2. The summed E-state index contributed by atoms with van der Waals surface area (Å²) >= 11 is 2.73. The highest BCUT2D eigenvalue weighted by atomic mass is 32.2. The average molecular weight is 477 g/mol. The SMILES string of the molecule is Cn1cc(SCC2=C(C(=O)O)N3C(=O)C(NC(=O)C(N)c4ccc(O)cc4)[C@H]3SC2)nn1. The van der Waals surface area contributed by atoms with Crippen LogP contribution in [0.25, 0.3) is 0 Å². The molecule has 3 heterocycles. The summed E-state index contributed by atoms with van der Waals surface area (Å²) in [7, 11) is 1.74. The molecule has 0 aliphatic carbocycles. The zero-order valence-electron chi connectivity index (χ0n) is 16.8. The fourth-order valence-corrected chi connectivity index (χ4v) is 5.78. The van der Waals surface area contributed by atoms with Crippen LogP contribution in [0.1, 0.15) is 11.6 Å². The fraction of sp³-hybridized carbons (Fsp3) is 0.316. The number of carbonyl (C=O) groups is 3. The molecule has 1 aromatic carbocycles. The number of hydrogen-bond donors (Lipinski definition) is 4. The van der Waals surface area contributed by atoms with E-state index >= 15 is 0 Å². The molecule has 2 aromatic rings. The van der Waals surface area contributed by atoms with Crippen molar-refractivity contribution in [3.05, 3.63) is 47.3 Å². The van der Waals surface area contributed by atoms with Crippen LogP contribution >= 0.6 is 23.5 Å². The van der Waals surface area contributed by atoms with E-state index in [9.17, 15) is 24.6 Å². The molecule has 2 unspecified atom stereocenters. The second-order valence-electron chi connectivity index (χ2n) is 7.24. The topological polar surface area (TPSA) is 164 Å². The summed E-state index contributed by atoms with van der Waals surface area (Å²) in [5.41, 5.74) is 7.01. The van der Waals surface area contributed by atoms with E-state index in [1.54, 1.807) is 17.9 Å². The Morgan fingerprint density at radius 2 is 2.09 bits per heavy atom. The highest BCUT2D eigenvalue weighted by Crippen LogP contribution is 2.41. The number of rotatable bonds is 7. The number of nitrogens with zero attached hydrogens (tertiary/aromatic N) is 4. The Bertz CT molecular complexity index is 1100. The molecule has 4 rings (SSSR count). The second kappa shape index (κ2) is 8.84. The zero-order valence-corrected chi connectivity index (χ0v) is 18.5. The average Bonchev–Trinajstić information content (AvgIpc) is 3.20. The number of β-lactam (4-membered cyclic amide) rings is 1. The number of aromatic hydroxyl groups is 1. The summed E-state index contributed by atoms with van der Waals surface area (Å²) in [4.78, 5) is 38.5. The summed E-state index contributed by atoms with van der Waals surface area (Å²) < 4.78 is 1.55. The van der Waals surface area contributed by atoms with Crippen molar-refractivity contribution in [3.8, 4) is 5.75 Å². The van der Waals surface area contributed by atoms with Crippen molar-refractivity contribution in [3.63, 3.8) is 0 Å². The van der Waals surface area contributed by atoms with Gasteiger partial charge in [0.1, 0.15) is 33.9 Å². The number of benzene rings is 1. The van der Waals surface area contributed by atoms with E-state index < -0.39 is 35.2 Å². The van der Waals surface area contributed by atoms with Gasteiger partial charge in [-0.3, -0.25) is 19.2 Å². The number of carboxylic acids is 1. The lowest BCUT2D eigenvalue weighted by molar-refractivity contribution is -0.150. The third kappa shape index (κ3) is 4.18. The molecule has 0 saturated carbocycles. The number of phenolic OH excluding ortho intramolecular Hbond substituents is 1. The third-order valence-corrected chi connectivity index (χ3v) is 7.37. The Morgan fingerprint density at radius 1 is 1.38 bits per heavy atom. The van der Waals surface area contributed by atoms with Crippen LogP contribution in [0, 0.1) is 0 Å². The minimum absolute atomic E-state index is 0.0473. The number of amides is 2. The summed E-state index contributed by atoms with van der Waals surface area (Å²) in [5, 5.41) is 29.7. The van der Waals surface area contributed by atoms with Crippen molar-refractivity contribution >= 4 is 41.3 Å². The summed E-state index contributed by atoms with van der Waals surface area (Å²) in [6, 6.07) is 3.99. The Labute approximate surface area is 191 Å². The van der Waals surface area contributed by atoms with Gasteiger partial charge in [0, 0.05) is 18.6 Å². The maximum atomic E-state index is 12.8. The van der Waals surface area contributed by atoms with Crippen molar-refractivity contribution in [2.75, 3.05) is 11.5 Å². The highest BCUT2D eigenvalue weighted by Gasteiger charge is 2.54. The lowest BCUT2D eigenvalue weighted by Gasteiger charge is -2.49. The van der Waals surface area contributed by atoms with Crippen LogP contribution in [0.4, 0.5) is 0 Å². The predicted molar refractivity (Wildman–Crippen MR) is 116 cm³/mol. The molecule has 0 radical (unpaired) electrons. The van der Waals surface area contributed by atoms with Gasteiger partial charge in [-0.25, -0.2) is 4.79 Å². The first-order valence-corrected chi connectivity index (χ1v) is 11.5. The van der Waals surface area contributed by atoms with E-state index in [1.165, 1.54) is 52.7 Å². The van der Waals surface area contributed by atoms with Crippen molar-refractivity contribution in [2.24, 2.45) is 12.8 Å². The van der Waals surface area contributed by atoms with Crippen LogP contribution in [0.2, 0.25) is 0 Å². The van der Waals surface area contributed by atoms with Crippen LogP contribution in [0.15, 0.2) is 46.8 Å². The number of nitrogens with one attached hydrogen (secondary N) is 1. The Morgan fingerprint density at radius 3 is 2.72 bits per heavy atom. The molecule has 3 atom stereocenters. The lowest BCUT2D eigenvalue weighted by Crippen LogP contribution is -2.71. The number of aryl methyl sites for hydroxylation is 1. The van der Waals surface area contributed by atoms with Crippen molar-refractivity contribution in [1.82, 2.24) is 25.2 Å². The van der Waals surface area contributed by atoms with E-state index in [1.807, 2.05) is 0 Å². The summed E-state index contributed by atoms with van der Waals surface area (Å²) in [5.74, 6) is -1.44. The van der Waals surface area contributed by atoms with Crippen LogP contribution in [-0.2, 0) is 21.4 Å². The van der Waals surface area contributed by atoms with Gasteiger partial charge in [0.15, 0.2) is 0 Å². The van der Waals surface area contributed by atoms with Crippen LogP contribution in [0.5, 0.6) is 5.75 Å². The first-order valence-electron chi connectivity index (χ1n) is 9.50. The lowest BCUT2D eigenvalue weighted by atomic mass is 10.0. The molecule has 2 aliphatic heterocycles. The molecule has 1 saturated heterocycles. The minimum atomic E-state index is -1.19. The van der Waals surface area contributed by atoms with Crippen LogP contribution in [-0.4, -0.2) is 70.8 Å². The number of fused-ring (bicyclic) bond motifs is 1. The van der Waals surface area contributed by atoms with Gasteiger partial charge in [-0.2, -0.15) is 0 Å². The monoisotopic (exact) mass is 476 g/mol. The standard InChI is InChI=1S/C19H20N6O5S2/c1-24-6-12(22-23-24)31-7-10-8-32-18-14(17(28)25(18)15(10)19(29)30)21-16(27)13(20)9-2-4-11(26)5-3-9/h2-6,13-14,18,26H,7-8,20H2,1H3,(H,21,27)(H,29,30)/t13?,14?,18-/m1/s1. The van der Waals surface area contributed by atoms with Gasteiger partial charge in [-0.1, -0.05) is 29.1 Å². The number of nitrogens with two attached hydrogens (primary N) is 1. The van der Waals surface area contributed by atoms with Crippen molar-refractivity contribution < 1.29 is 24.6 Å². The second-order valence-corrected chi connectivity index (χ2v) is 9.34. The number of aliphatic carboxylic acids is 1. The first-order chi connectivity index (χ1) is 15.3. The molecule has 2 aliphatic rings. The van der Waals surface area contributed by atoms with Gasteiger partial charge in [-0.05, 0) is 23.3 Å². The smallest absolute Gasteiger partial charge is 0.352 e. The molecular formula is C19H20N6O5S2. The van der Waals surface area contributed by atoms with E-state index in [-0.39, 0.29) is 11.4 Å². The molecular weight excluding hydrogens is 456 g/mol. The van der Waals surface area contributed by atoms with E-state index in [2.05, 4.69) is 15.6 Å². The van der Waals surface area contributed by atoms with Gasteiger partial charge in [0.25, 0.3) is 5.91 Å². The zero-order chi connectivity index (χ0) is 23.0. The highest BCUT2D eigenvalue weighted by molar-refractivity contribution is 8.01. The van der Waals surface area contributed by atoms with Crippen molar-refractivity contribution in [1.29, 1.82) is 0 Å². The molecule has 1 aromatic heterocycles. The maximum absolute atomic E-state index is 12.8. The molecule has 13 heteroatoms. The Kier molecular flexibility index (Phi) is 6.13. The van der Waals surface area contributed by atoms with E-state index in [4.69, 9.17) is 5.73 Å². The molecule has 0 spiro atoms. The normalized spacial score (nSPS) is 21.1. The maximum Gasteiger partial charge on any atom is 0.352 e. The summed E-state index contributed by atoms with van der Waals surface area (Å²) in [6.45, 7) is 0. The van der Waals surface area contributed by atoms with Gasteiger partial charge in [0.2, 0.25) is 5.91 Å². The Balaban J connectivity index is 1.45. The predicted octanol–water partition coefficient (Wildman–Crippen LogP) is 0.0514. The third-order valence-electron chi connectivity index (χ3n) is 5.06. The minimum Gasteiger partial charge on any atom is -0.508 e. The fourth-order valence-electron chi connectivity index (χ4n) is 3.42.